The molecule has 1 aromatic carbocycles. The lowest BCUT2D eigenvalue weighted by Gasteiger charge is -2.14. The Morgan fingerprint density at radius 3 is 2.72 bits per heavy atom. The van der Waals surface area contributed by atoms with Gasteiger partial charge in [-0.05, 0) is 59.6 Å². The van der Waals surface area contributed by atoms with Gasteiger partial charge < -0.3 is 10.1 Å². The van der Waals surface area contributed by atoms with E-state index in [4.69, 9.17) is 27.9 Å². The topological polar surface area (TPSA) is 86.1 Å². The summed E-state index contributed by atoms with van der Waals surface area (Å²) in [6.45, 7) is 3.61. The Balaban J connectivity index is 2.03. The van der Waals surface area contributed by atoms with Gasteiger partial charge in [-0.2, -0.15) is 5.10 Å². The van der Waals surface area contributed by atoms with Crippen LogP contribution < -0.4 is 5.32 Å². The summed E-state index contributed by atoms with van der Waals surface area (Å²) in [5.74, 6) is -0.805. The maximum Gasteiger partial charge on any atom is 0.340 e. The number of amides is 1. The Hall–Kier alpha value is -2.42. The fourth-order valence-electron chi connectivity index (χ4n) is 2.67. The van der Waals surface area contributed by atoms with Gasteiger partial charge in [0.25, 0.3) is 5.91 Å². The molecular formula is C19H15BrCl2N4O3. The first kappa shape index (κ1) is 21.3. The second kappa shape index (κ2) is 8.94. The fourth-order valence-corrected chi connectivity index (χ4v) is 3.51. The van der Waals surface area contributed by atoms with Gasteiger partial charge in [-0.25, -0.2) is 14.5 Å². The number of esters is 1. The average molecular weight is 498 g/mol. The molecule has 7 nitrogen and oxygen atoms in total. The molecular weight excluding hydrogens is 483 g/mol. The number of benzene rings is 1. The Kier molecular flexibility index (Phi) is 6.56. The van der Waals surface area contributed by atoms with Crippen LogP contribution in [0, 0.1) is 6.92 Å². The van der Waals surface area contributed by atoms with Crippen molar-refractivity contribution in [3.8, 4) is 5.82 Å². The highest BCUT2D eigenvalue weighted by molar-refractivity contribution is 9.10. The van der Waals surface area contributed by atoms with E-state index in [1.807, 2.05) is 0 Å². The van der Waals surface area contributed by atoms with E-state index >= 15 is 0 Å². The van der Waals surface area contributed by atoms with Crippen LogP contribution >= 0.6 is 39.1 Å². The number of hydrogen-bond acceptors (Lipinski definition) is 5. The molecule has 3 aromatic rings. The van der Waals surface area contributed by atoms with E-state index < -0.39 is 11.9 Å². The number of nitrogens with zero attached hydrogens (tertiary/aromatic N) is 3. The van der Waals surface area contributed by atoms with Crippen LogP contribution in [0.25, 0.3) is 5.82 Å². The first-order chi connectivity index (χ1) is 13.8. The van der Waals surface area contributed by atoms with Crippen molar-refractivity contribution in [3.05, 3.63) is 68.0 Å². The van der Waals surface area contributed by atoms with Crippen LogP contribution in [0.5, 0.6) is 0 Å². The largest absolute Gasteiger partial charge is 0.462 e. The van der Waals surface area contributed by atoms with E-state index in [9.17, 15) is 9.59 Å². The Bertz CT molecular complexity index is 1100. The quantitative estimate of drug-likeness (QED) is 0.497. The molecule has 0 aliphatic heterocycles. The summed E-state index contributed by atoms with van der Waals surface area (Å²) in [6, 6.07) is 7.93. The number of ether oxygens (including phenoxy) is 1. The minimum absolute atomic E-state index is 0.159. The lowest BCUT2D eigenvalue weighted by molar-refractivity contribution is 0.0527. The Morgan fingerprint density at radius 1 is 1.28 bits per heavy atom. The third kappa shape index (κ3) is 4.60. The summed E-state index contributed by atoms with van der Waals surface area (Å²) in [6.07, 6.45) is 1.54. The summed E-state index contributed by atoms with van der Waals surface area (Å²) in [5, 5.41) is 7.68. The highest BCUT2D eigenvalue weighted by atomic mass is 79.9. The molecule has 0 saturated carbocycles. The molecule has 29 heavy (non-hydrogen) atoms. The SMILES string of the molecule is CCOC(=O)c1cc(Cl)cc(C)c1NC(=O)c1cc(Br)nn1-c1ncccc1Cl. The van der Waals surface area contributed by atoms with Crippen molar-refractivity contribution in [1.29, 1.82) is 0 Å². The monoisotopic (exact) mass is 496 g/mol. The van der Waals surface area contributed by atoms with Gasteiger partial charge >= 0.3 is 5.97 Å². The van der Waals surface area contributed by atoms with Crippen molar-refractivity contribution in [2.24, 2.45) is 0 Å². The normalized spacial score (nSPS) is 10.7. The smallest absolute Gasteiger partial charge is 0.340 e. The highest BCUT2D eigenvalue weighted by Crippen LogP contribution is 2.28. The molecule has 3 rings (SSSR count). The number of halogens is 3. The summed E-state index contributed by atoms with van der Waals surface area (Å²) < 4.78 is 6.81. The van der Waals surface area contributed by atoms with Crippen LogP contribution in [0.15, 0.2) is 41.1 Å². The fraction of sp³-hybridized carbons (Fsp3) is 0.158. The number of carbonyl (C=O) groups is 2. The standard InChI is InChI=1S/C19H15BrCl2N4O3/c1-3-29-19(28)12-8-11(21)7-10(2)16(12)24-18(27)14-9-15(20)25-26(14)17-13(22)5-4-6-23-17/h4-9H,3H2,1-2H3,(H,24,27). The van der Waals surface area contributed by atoms with E-state index in [2.05, 4.69) is 31.3 Å². The minimum Gasteiger partial charge on any atom is -0.462 e. The van der Waals surface area contributed by atoms with Gasteiger partial charge in [0.1, 0.15) is 10.3 Å². The molecule has 0 saturated heterocycles. The zero-order valence-corrected chi connectivity index (χ0v) is 18.5. The summed E-state index contributed by atoms with van der Waals surface area (Å²) >= 11 is 15.6. The van der Waals surface area contributed by atoms with Crippen LogP contribution in [-0.2, 0) is 4.74 Å². The first-order valence-electron chi connectivity index (χ1n) is 8.47. The molecule has 0 bridgehead atoms. The maximum absolute atomic E-state index is 13.1. The molecule has 0 unspecified atom stereocenters. The molecule has 0 aliphatic rings. The third-order valence-corrected chi connectivity index (χ3v) is 4.79. The Morgan fingerprint density at radius 2 is 2.03 bits per heavy atom. The minimum atomic E-state index is -0.587. The van der Waals surface area contributed by atoms with E-state index in [0.29, 0.717) is 31.7 Å². The predicted molar refractivity (Wildman–Crippen MR) is 114 cm³/mol. The Labute approximate surface area is 185 Å². The van der Waals surface area contributed by atoms with Crippen molar-refractivity contribution >= 4 is 56.7 Å². The number of rotatable bonds is 5. The van der Waals surface area contributed by atoms with Crippen molar-refractivity contribution in [3.63, 3.8) is 0 Å². The molecule has 0 aliphatic carbocycles. The molecule has 1 N–H and O–H groups in total. The molecule has 150 valence electrons. The molecule has 1 amide bonds. The van der Waals surface area contributed by atoms with Crippen molar-refractivity contribution < 1.29 is 14.3 Å². The van der Waals surface area contributed by atoms with E-state index in [1.54, 1.807) is 38.2 Å². The predicted octanol–water partition coefficient (Wildman–Crippen LogP) is 5.07. The number of anilines is 1. The van der Waals surface area contributed by atoms with Crippen LogP contribution in [-0.4, -0.2) is 33.2 Å². The summed E-state index contributed by atoms with van der Waals surface area (Å²) in [4.78, 5) is 29.6. The lowest BCUT2D eigenvalue weighted by Crippen LogP contribution is -2.20. The number of pyridine rings is 1. The molecule has 0 spiro atoms. The van der Waals surface area contributed by atoms with Gasteiger partial charge in [0.15, 0.2) is 5.82 Å². The summed E-state index contributed by atoms with van der Waals surface area (Å²) in [5.41, 5.74) is 1.23. The number of carbonyl (C=O) groups excluding carboxylic acids is 2. The molecule has 0 radical (unpaired) electrons. The summed E-state index contributed by atoms with van der Waals surface area (Å²) in [7, 11) is 0. The average Bonchev–Trinajstić information content (AvgIpc) is 3.05. The van der Waals surface area contributed by atoms with Crippen LogP contribution in [0.3, 0.4) is 0 Å². The van der Waals surface area contributed by atoms with Gasteiger partial charge in [-0.1, -0.05) is 23.2 Å². The van der Waals surface area contributed by atoms with Crippen LogP contribution in [0.4, 0.5) is 5.69 Å². The lowest BCUT2D eigenvalue weighted by atomic mass is 10.1. The number of aryl methyl sites for hydroxylation is 1. The highest BCUT2D eigenvalue weighted by Gasteiger charge is 2.22. The second-order valence-corrected chi connectivity index (χ2v) is 7.55. The number of hydrogen-bond donors (Lipinski definition) is 1. The van der Waals surface area contributed by atoms with Crippen LogP contribution in [0.1, 0.15) is 33.3 Å². The maximum atomic E-state index is 13.1. The van der Waals surface area contributed by atoms with Crippen molar-refractivity contribution in [1.82, 2.24) is 14.8 Å². The zero-order valence-electron chi connectivity index (χ0n) is 15.4. The van der Waals surface area contributed by atoms with Crippen LogP contribution in [0.2, 0.25) is 10.0 Å². The molecule has 0 atom stereocenters. The second-order valence-electron chi connectivity index (χ2n) is 5.89. The zero-order chi connectivity index (χ0) is 21.1. The van der Waals surface area contributed by atoms with Gasteiger partial charge in [-0.3, -0.25) is 4.79 Å². The molecule has 10 heteroatoms. The van der Waals surface area contributed by atoms with Gasteiger partial charge in [0, 0.05) is 17.3 Å². The first-order valence-corrected chi connectivity index (χ1v) is 10.0. The van der Waals surface area contributed by atoms with E-state index in [0.717, 1.165) is 0 Å². The van der Waals surface area contributed by atoms with E-state index in [-0.39, 0.29) is 17.9 Å². The number of nitrogens with one attached hydrogen (secondary N) is 1. The van der Waals surface area contributed by atoms with Crippen molar-refractivity contribution in [2.75, 3.05) is 11.9 Å². The van der Waals surface area contributed by atoms with E-state index in [1.165, 1.54) is 16.8 Å². The molecule has 2 aromatic heterocycles. The third-order valence-electron chi connectivity index (χ3n) is 3.89. The van der Waals surface area contributed by atoms with Gasteiger partial charge in [-0.15, -0.1) is 0 Å². The number of aromatic nitrogens is 3. The molecule has 2 heterocycles. The molecule has 0 fully saturated rings. The van der Waals surface area contributed by atoms with Gasteiger partial charge in [0.05, 0.1) is 22.9 Å². The van der Waals surface area contributed by atoms with Gasteiger partial charge in [0.2, 0.25) is 0 Å². The van der Waals surface area contributed by atoms with Crippen molar-refractivity contribution in [2.45, 2.75) is 13.8 Å².